The van der Waals surface area contributed by atoms with E-state index >= 15 is 0 Å². The molecule has 0 fully saturated rings. The van der Waals surface area contributed by atoms with Gasteiger partial charge in [-0.15, -0.1) is 0 Å². The highest BCUT2D eigenvalue weighted by molar-refractivity contribution is 7.92. The summed E-state index contributed by atoms with van der Waals surface area (Å²) in [5.74, 6) is -0.563. The van der Waals surface area contributed by atoms with Gasteiger partial charge in [0, 0.05) is 36.7 Å². The van der Waals surface area contributed by atoms with E-state index in [1.807, 2.05) is 6.92 Å². The van der Waals surface area contributed by atoms with Gasteiger partial charge in [0.05, 0.1) is 63.2 Å². The zero-order valence-electron chi connectivity index (χ0n) is 22.4. The van der Waals surface area contributed by atoms with E-state index in [4.69, 9.17) is 23.4 Å². The number of sulfonamides is 1. The van der Waals surface area contributed by atoms with Gasteiger partial charge >= 0.3 is 0 Å². The summed E-state index contributed by atoms with van der Waals surface area (Å²) >= 11 is 0. The molecule has 1 aromatic heterocycles. The molecule has 0 spiro atoms. The van der Waals surface area contributed by atoms with Crippen molar-refractivity contribution < 1.29 is 41.0 Å². The van der Waals surface area contributed by atoms with Crippen LogP contribution in [0.4, 0.5) is 10.1 Å². The first kappa shape index (κ1) is 29.0. The quantitative estimate of drug-likeness (QED) is 0.352. The van der Waals surface area contributed by atoms with Crippen molar-refractivity contribution in [2.45, 2.75) is 19.1 Å². The molecule has 1 aliphatic heterocycles. The molecule has 0 bridgehead atoms. The molecule has 0 saturated carbocycles. The number of ether oxygens (including phenoxy) is 4. The van der Waals surface area contributed by atoms with Crippen LogP contribution in [-0.4, -0.2) is 80.4 Å². The lowest BCUT2D eigenvalue weighted by Crippen LogP contribution is -2.38. The molecular formula is C27H33FN2O8S. The molecule has 0 aliphatic carbocycles. The minimum absolute atomic E-state index is 0.0278. The van der Waals surface area contributed by atoms with Crippen molar-refractivity contribution in [3.63, 3.8) is 0 Å². The largest absolute Gasteiger partial charge is 0.455 e. The molecule has 2 aromatic carbocycles. The molecule has 1 amide bonds. The van der Waals surface area contributed by atoms with E-state index < -0.39 is 34.0 Å². The SMILES string of the molecule is CNC(=O)c1c(-c2ccc(F)cc2)oc2cc3c(cc12)[C@H](C)O[C@H](COCCOCCOC)CN3S(C)(=O)=O. The molecule has 1 aliphatic rings. The van der Waals surface area contributed by atoms with Crippen LogP contribution in [0.1, 0.15) is 28.9 Å². The number of furan rings is 1. The van der Waals surface area contributed by atoms with E-state index in [2.05, 4.69) is 5.32 Å². The van der Waals surface area contributed by atoms with Crippen LogP contribution in [0.15, 0.2) is 40.8 Å². The van der Waals surface area contributed by atoms with Crippen molar-refractivity contribution in [1.29, 1.82) is 0 Å². The highest BCUT2D eigenvalue weighted by Crippen LogP contribution is 2.42. The number of methoxy groups -OCH3 is 1. The van der Waals surface area contributed by atoms with Crippen LogP contribution in [0.2, 0.25) is 0 Å². The molecule has 12 heteroatoms. The molecule has 3 aromatic rings. The summed E-state index contributed by atoms with van der Waals surface area (Å²) in [6.07, 6.45) is 0.0469. The molecule has 39 heavy (non-hydrogen) atoms. The fourth-order valence-electron chi connectivity index (χ4n) is 4.52. The van der Waals surface area contributed by atoms with Gasteiger partial charge in [0.25, 0.3) is 5.91 Å². The highest BCUT2D eigenvalue weighted by Gasteiger charge is 2.34. The Kier molecular flexibility index (Phi) is 9.23. The fraction of sp³-hybridized carbons (Fsp3) is 0.444. The number of nitrogens with one attached hydrogen (secondary N) is 1. The molecule has 2 atom stereocenters. The normalized spacial score (nSPS) is 17.7. The van der Waals surface area contributed by atoms with Crippen molar-refractivity contribution in [3.05, 3.63) is 53.3 Å². The van der Waals surface area contributed by atoms with E-state index in [0.29, 0.717) is 54.2 Å². The van der Waals surface area contributed by atoms with Crippen LogP contribution in [-0.2, 0) is 29.0 Å². The molecule has 0 radical (unpaired) electrons. The number of nitrogens with zero attached hydrogens (tertiary/aromatic N) is 1. The number of hydrogen-bond acceptors (Lipinski definition) is 8. The van der Waals surface area contributed by atoms with Crippen molar-refractivity contribution >= 4 is 32.6 Å². The van der Waals surface area contributed by atoms with Gasteiger partial charge in [0.1, 0.15) is 23.3 Å². The fourth-order valence-corrected chi connectivity index (χ4v) is 5.47. The standard InChI is InChI=1S/C27H33FN2O8S/c1-17-21-13-22-24(38-26(25(22)27(31)29-2)18-5-7-19(28)8-6-18)14-23(21)30(39(4,32)33)15-20(37-17)16-36-12-11-35-10-9-34-3/h5-8,13-14,17,20H,9-12,15-16H2,1-4H3,(H,29,31)/t17-,20-/m0/s1. The second-order valence-corrected chi connectivity index (χ2v) is 11.1. The van der Waals surface area contributed by atoms with E-state index in [9.17, 15) is 17.6 Å². The summed E-state index contributed by atoms with van der Waals surface area (Å²) in [5.41, 5.74) is 2.06. The van der Waals surface area contributed by atoms with Gasteiger partial charge in [-0.25, -0.2) is 12.8 Å². The van der Waals surface area contributed by atoms with Gasteiger partial charge in [0.15, 0.2) is 0 Å². The highest BCUT2D eigenvalue weighted by atomic mass is 32.2. The average molecular weight is 565 g/mol. The Morgan fingerprint density at radius 3 is 2.49 bits per heavy atom. The topological polar surface area (TPSA) is 117 Å². The summed E-state index contributed by atoms with van der Waals surface area (Å²) in [6.45, 7) is 3.63. The first-order chi connectivity index (χ1) is 18.6. The number of fused-ring (bicyclic) bond motifs is 2. The van der Waals surface area contributed by atoms with Gasteiger partial charge in [-0.3, -0.25) is 9.10 Å². The zero-order chi connectivity index (χ0) is 28.2. The summed E-state index contributed by atoms with van der Waals surface area (Å²) < 4.78 is 69.0. The van der Waals surface area contributed by atoms with E-state index in [0.717, 1.165) is 6.26 Å². The average Bonchev–Trinajstić information content (AvgIpc) is 3.20. The number of rotatable bonds is 11. The number of carbonyl (C=O) groups excluding carboxylic acids is 1. The van der Waals surface area contributed by atoms with Gasteiger partial charge < -0.3 is 28.7 Å². The van der Waals surface area contributed by atoms with Crippen molar-refractivity contribution in [3.8, 4) is 11.3 Å². The number of carbonyl (C=O) groups is 1. The van der Waals surface area contributed by atoms with Gasteiger partial charge in [0.2, 0.25) is 10.0 Å². The predicted octanol–water partition coefficient (Wildman–Crippen LogP) is 3.50. The maximum Gasteiger partial charge on any atom is 0.255 e. The maximum absolute atomic E-state index is 13.6. The molecule has 212 valence electrons. The van der Waals surface area contributed by atoms with Gasteiger partial charge in [-0.05, 0) is 37.3 Å². The Bertz CT molecular complexity index is 1410. The molecule has 0 saturated heterocycles. The summed E-state index contributed by atoms with van der Waals surface area (Å²) in [7, 11) is -0.620. The third-order valence-corrected chi connectivity index (χ3v) is 7.52. The minimum Gasteiger partial charge on any atom is -0.455 e. The van der Waals surface area contributed by atoms with Crippen LogP contribution in [0.3, 0.4) is 0 Å². The summed E-state index contributed by atoms with van der Waals surface area (Å²) in [6, 6.07) is 8.93. The minimum atomic E-state index is -3.72. The Morgan fingerprint density at radius 2 is 1.82 bits per heavy atom. The molecule has 1 N–H and O–H groups in total. The lowest BCUT2D eigenvalue weighted by molar-refractivity contribution is -0.0545. The third-order valence-electron chi connectivity index (χ3n) is 6.38. The molecule has 4 rings (SSSR count). The Balaban J connectivity index is 1.70. The van der Waals surface area contributed by atoms with Crippen LogP contribution >= 0.6 is 0 Å². The Morgan fingerprint density at radius 1 is 1.13 bits per heavy atom. The monoisotopic (exact) mass is 564 g/mol. The lowest BCUT2D eigenvalue weighted by Gasteiger charge is -2.24. The van der Waals surface area contributed by atoms with Crippen molar-refractivity contribution in [2.75, 3.05) is 64.3 Å². The third kappa shape index (κ3) is 6.59. The molecule has 2 heterocycles. The zero-order valence-corrected chi connectivity index (χ0v) is 23.2. The smallest absolute Gasteiger partial charge is 0.255 e. The van der Waals surface area contributed by atoms with Crippen LogP contribution in [0, 0.1) is 5.82 Å². The Hall–Kier alpha value is -3.03. The first-order valence-electron chi connectivity index (χ1n) is 12.5. The van der Waals surface area contributed by atoms with Crippen LogP contribution in [0.25, 0.3) is 22.3 Å². The van der Waals surface area contributed by atoms with Gasteiger partial charge in [-0.2, -0.15) is 0 Å². The van der Waals surface area contributed by atoms with E-state index in [1.165, 1.54) is 35.6 Å². The second-order valence-electron chi connectivity index (χ2n) is 9.17. The first-order valence-corrected chi connectivity index (χ1v) is 14.3. The van der Waals surface area contributed by atoms with Crippen LogP contribution < -0.4 is 9.62 Å². The Labute approximate surface area is 227 Å². The van der Waals surface area contributed by atoms with E-state index in [1.54, 1.807) is 19.2 Å². The predicted molar refractivity (Wildman–Crippen MR) is 144 cm³/mol. The lowest BCUT2D eigenvalue weighted by atomic mass is 10.0. The maximum atomic E-state index is 13.6. The second kappa shape index (κ2) is 12.4. The molecule has 0 unspecified atom stereocenters. The number of halogens is 1. The molecular weight excluding hydrogens is 531 g/mol. The van der Waals surface area contributed by atoms with Crippen molar-refractivity contribution in [1.82, 2.24) is 5.32 Å². The summed E-state index contributed by atoms with van der Waals surface area (Å²) in [4.78, 5) is 13.0. The number of hydrogen-bond donors (Lipinski definition) is 1. The number of benzene rings is 2. The number of anilines is 1. The van der Waals surface area contributed by atoms with Crippen molar-refractivity contribution in [2.24, 2.45) is 0 Å². The molecule has 10 nitrogen and oxygen atoms in total. The summed E-state index contributed by atoms with van der Waals surface area (Å²) in [5, 5.41) is 3.11. The van der Waals surface area contributed by atoms with Crippen LogP contribution in [0.5, 0.6) is 0 Å². The number of amides is 1. The van der Waals surface area contributed by atoms with E-state index in [-0.39, 0.29) is 24.5 Å². The van der Waals surface area contributed by atoms with Gasteiger partial charge in [-0.1, -0.05) is 0 Å².